The average Bonchev–Trinajstić information content (AvgIpc) is 2.94. The zero-order valence-electron chi connectivity index (χ0n) is 14.8. The SMILES string of the molecule is Cc1cc(F)ccc1NC(=O)c1ccc(OCc2c(C)noc2C)cc1. The van der Waals surface area contributed by atoms with Gasteiger partial charge in [0, 0.05) is 11.3 Å². The van der Waals surface area contributed by atoms with Crippen molar-refractivity contribution >= 4 is 11.6 Å². The minimum atomic E-state index is -0.333. The zero-order valence-corrected chi connectivity index (χ0v) is 14.8. The van der Waals surface area contributed by atoms with Gasteiger partial charge in [-0.25, -0.2) is 4.39 Å². The molecule has 1 amide bonds. The predicted molar refractivity (Wildman–Crippen MR) is 95.8 cm³/mol. The number of aromatic nitrogens is 1. The summed E-state index contributed by atoms with van der Waals surface area (Å²) in [6.07, 6.45) is 0. The Morgan fingerprint density at radius 3 is 2.50 bits per heavy atom. The van der Waals surface area contributed by atoms with Crippen molar-refractivity contribution in [3.05, 3.63) is 76.4 Å². The van der Waals surface area contributed by atoms with Crippen LogP contribution in [0.3, 0.4) is 0 Å². The maximum absolute atomic E-state index is 13.1. The van der Waals surface area contributed by atoms with E-state index in [1.807, 2.05) is 13.8 Å². The van der Waals surface area contributed by atoms with Crippen molar-refractivity contribution in [2.75, 3.05) is 5.32 Å². The number of rotatable bonds is 5. The fourth-order valence-corrected chi connectivity index (χ4v) is 2.53. The van der Waals surface area contributed by atoms with Gasteiger partial charge in [-0.3, -0.25) is 4.79 Å². The lowest BCUT2D eigenvalue weighted by atomic mass is 10.1. The van der Waals surface area contributed by atoms with Gasteiger partial charge in [-0.1, -0.05) is 5.16 Å². The van der Waals surface area contributed by atoms with Gasteiger partial charge < -0.3 is 14.6 Å². The Hall–Kier alpha value is -3.15. The lowest BCUT2D eigenvalue weighted by molar-refractivity contribution is 0.102. The number of carbonyl (C=O) groups is 1. The van der Waals surface area contributed by atoms with Gasteiger partial charge >= 0.3 is 0 Å². The number of hydrogen-bond donors (Lipinski definition) is 1. The molecule has 0 aliphatic heterocycles. The second-order valence-electron chi connectivity index (χ2n) is 6.03. The summed E-state index contributed by atoms with van der Waals surface area (Å²) >= 11 is 0. The van der Waals surface area contributed by atoms with Gasteiger partial charge in [-0.2, -0.15) is 0 Å². The second kappa shape index (κ2) is 7.39. The second-order valence-corrected chi connectivity index (χ2v) is 6.03. The minimum absolute atomic E-state index is 0.267. The molecule has 0 saturated heterocycles. The van der Waals surface area contributed by atoms with Crippen molar-refractivity contribution in [3.8, 4) is 5.75 Å². The van der Waals surface area contributed by atoms with Crippen molar-refractivity contribution in [2.24, 2.45) is 0 Å². The van der Waals surface area contributed by atoms with Crippen LogP contribution in [-0.2, 0) is 6.61 Å². The molecule has 0 fully saturated rings. The monoisotopic (exact) mass is 354 g/mol. The maximum Gasteiger partial charge on any atom is 0.255 e. The first kappa shape index (κ1) is 17.7. The highest BCUT2D eigenvalue weighted by molar-refractivity contribution is 6.04. The number of benzene rings is 2. The molecule has 1 heterocycles. The van der Waals surface area contributed by atoms with Crippen molar-refractivity contribution in [1.82, 2.24) is 5.16 Å². The molecule has 0 aliphatic rings. The molecule has 5 nitrogen and oxygen atoms in total. The molecule has 1 aromatic heterocycles. The number of nitrogens with zero attached hydrogens (tertiary/aromatic N) is 1. The molecule has 26 heavy (non-hydrogen) atoms. The molecule has 6 heteroatoms. The van der Waals surface area contributed by atoms with Gasteiger partial charge in [0.2, 0.25) is 0 Å². The van der Waals surface area contributed by atoms with E-state index in [0.29, 0.717) is 29.2 Å². The third-order valence-electron chi connectivity index (χ3n) is 4.12. The molecular formula is C20H19FN2O3. The minimum Gasteiger partial charge on any atom is -0.489 e. The molecule has 3 aromatic rings. The molecule has 1 N–H and O–H groups in total. The van der Waals surface area contributed by atoms with Gasteiger partial charge in [0.1, 0.15) is 23.9 Å². The molecule has 134 valence electrons. The molecular weight excluding hydrogens is 335 g/mol. The first-order valence-corrected chi connectivity index (χ1v) is 8.16. The standard InChI is InChI=1S/C20H19FN2O3/c1-12-10-16(21)6-9-19(12)22-20(24)15-4-7-17(8-5-15)25-11-18-13(2)23-26-14(18)3/h4-10H,11H2,1-3H3,(H,22,24). The fraction of sp³-hybridized carbons (Fsp3) is 0.200. The average molecular weight is 354 g/mol. The number of halogens is 1. The summed E-state index contributed by atoms with van der Waals surface area (Å²) in [5, 5.41) is 6.66. The molecule has 0 saturated carbocycles. The van der Waals surface area contributed by atoms with Crippen molar-refractivity contribution in [3.63, 3.8) is 0 Å². The van der Waals surface area contributed by atoms with E-state index in [-0.39, 0.29) is 11.7 Å². The number of hydrogen-bond acceptors (Lipinski definition) is 4. The van der Waals surface area contributed by atoms with Crippen LogP contribution in [0.1, 0.15) is 32.9 Å². The Bertz CT molecular complexity index is 913. The first-order valence-electron chi connectivity index (χ1n) is 8.16. The molecule has 3 rings (SSSR count). The van der Waals surface area contributed by atoms with Crippen molar-refractivity contribution in [2.45, 2.75) is 27.4 Å². The van der Waals surface area contributed by atoms with Crippen LogP contribution in [0.2, 0.25) is 0 Å². The van der Waals surface area contributed by atoms with E-state index < -0.39 is 0 Å². The van der Waals surface area contributed by atoms with Crippen molar-refractivity contribution < 1.29 is 18.4 Å². The highest BCUT2D eigenvalue weighted by atomic mass is 19.1. The van der Waals surface area contributed by atoms with Gasteiger partial charge in [0.15, 0.2) is 0 Å². The van der Waals surface area contributed by atoms with Crippen LogP contribution in [0.15, 0.2) is 47.0 Å². The van der Waals surface area contributed by atoms with Crippen LogP contribution < -0.4 is 10.1 Å². The van der Waals surface area contributed by atoms with Crippen LogP contribution in [0.5, 0.6) is 5.75 Å². The Balaban J connectivity index is 1.64. The summed E-state index contributed by atoms with van der Waals surface area (Å²) in [4.78, 5) is 12.3. The van der Waals surface area contributed by atoms with E-state index in [1.165, 1.54) is 12.1 Å². The summed E-state index contributed by atoms with van der Waals surface area (Å²) in [5.41, 5.74) is 3.44. The lowest BCUT2D eigenvalue weighted by Gasteiger charge is -2.10. The maximum atomic E-state index is 13.1. The zero-order chi connectivity index (χ0) is 18.7. The normalized spacial score (nSPS) is 10.6. The molecule has 0 radical (unpaired) electrons. The van der Waals surface area contributed by atoms with Gasteiger partial charge in [-0.05, 0) is 68.8 Å². The van der Waals surface area contributed by atoms with E-state index in [1.54, 1.807) is 37.3 Å². The molecule has 0 spiro atoms. The van der Waals surface area contributed by atoms with Crippen LogP contribution in [-0.4, -0.2) is 11.1 Å². The topological polar surface area (TPSA) is 64.4 Å². The van der Waals surface area contributed by atoms with Crippen molar-refractivity contribution in [1.29, 1.82) is 0 Å². The van der Waals surface area contributed by atoms with Crippen LogP contribution in [0, 0.1) is 26.6 Å². The number of aryl methyl sites for hydroxylation is 3. The van der Waals surface area contributed by atoms with E-state index >= 15 is 0 Å². The number of anilines is 1. The smallest absolute Gasteiger partial charge is 0.255 e. The highest BCUT2D eigenvalue weighted by Gasteiger charge is 2.11. The first-order chi connectivity index (χ1) is 12.4. The molecule has 0 bridgehead atoms. The van der Waals surface area contributed by atoms with E-state index in [9.17, 15) is 9.18 Å². The van der Waals surface area contributed by atoms with Gasteiger partial charge in [0.05, 0.1) is 11.3 Å². The summed E-state index contributed by atoms with van der Waals surface area (Å²) in [6.45, 7) is 5.79. The summed E-state index contributed by atoms with van der Waals surface area (Å²) < 4.78 is 24.0. The summed E-state index contributed by atoms with van der Waals surface area (Å²) in [7, 11) is 0. The summed E-state index contributed by atoms with van der Waals surface area (Å²) in [5.74, 6) is 0.768. The third-order valence-corrected chi connectivity index (χ3v) is 4.12. The van der Waals surface area contributed by atoms with E-state index in [0.717, 1.165) is 17.0 Å². The van der Waals surface area contributed by atoms with Gasteiger partial charge in [-0.15, -0.1) is 0 Å². The molecule has 0 aliphatic carbocycles. The third kappa shape index (κ3) is 3.91. The Morgan fingerprint density at radius 1 is 1.15 bits per heavy atom. The number of carbonyl (C=O) groups excluding carboxylic acids is 1. The Morgan fingerprint density at radius 2 is 1.88 bits per heavy atom. The summed E-state index contributed by atoms with van der Waals surface area (Å²) in [6, 6.07) is 11.0. The highest BCUT2D eigenvalue weighted by Crippen LogP contribution is 2.20. The van der Waals surface area contributed by atoms with E-state index in [2.05, 4.69) is 10.5 Å². The Kier molecular flexibility index (Phi) is 5.02. The van der Waals surface area contributed by atoms with Crippen LogP contribution in [0.25, 0.3) is 0 Å². The molecule has 2 aromatic carbocycles. The number of nitrogens with one attached hydrogen (secondary N) is 1. The quantitative estimate of drug-likeness (QED) is 0.729. The Labute approximate surface area is 150 Å². The van der Waals surface area contributed by atoms with Gasteiger partial charge in [0.25, 0.3) is 5.91 Å². The number of amides is 1. The number of ether oxygens (including phenoxy) is 1. The van der Waals surface area contributed by atoms with Crippen LogP contribution in [0.4, 0.5) is 10.1 Å². The predicted octanol–water partition coefficient (Wildman–Crippen LogP) is 4.57. The molecule has 0 unspecified atom stereocenters. The van der Waals surface area contributed by atoms with E-state index in [4.69, 9.17) is 9.26 Å². The fourth-order valence-electron chi connectivity index (χ4n) is 2.53. The largest absolute Gasteiger partial charge is 0.489 e. The lowest BCUT2D eigenvalue weighted by Crippen LogP contribution is -2.12. The molecule has 0 atom stereocenters. The van der Waals surface area contributed by atoms with Crippen LogP contribution >= 0.6 is 0 Å².